The Labute approximate surface area is 148 Å². The number of benzene rings is 1. The molecule has 23 heavy (non-hydrogen) atoms. The number of nitrogens with zero attached hydrogens (tertiary/aromatic N) is 3. The Morgan fingerprint density at radius 1 is 1.13 bits per heavy atom. The maximum absolute atomic E-state index is 5.91. The van der Waals surface area contributed by atoms with Crippen LogP contribution >= 0.6 is 36.0 Å². The lowest BCUT2D eigenvalue weighted by Gasteiger charge is -2.08. The summed E-state index contributed by atoms with van der Waals surface area (Å²) in [7, 11) is 0. The SMILES string of the molecule is Nc1cc(Cl)nc(SCc2cccnc2-c2ccc(S)cc2)n1. The zero-order valence-corrected chi connectivity index (χ0v) is 14.4. The second-order valence-electron chi connectivity index (χ2n) is 4.74. The minimum atomic E-state index is 0.343. The van der Waals surface area contributed by atoms with Crippen molar-refractivity contribution >= 4 is 41.8 Å². The summed E-state index contributed by atoms with van der Waals surface area (Å²) in [5.41, 5.74) is 8.76. The minimum absolute atomic E-state index is 0.343. The molecule has 0 aliphatic rings. The van der Waals surface area contributed by atoms with E-state index in [9.17, 15) is 0 Å². The van der Waals surface area contributed by atoms with Gasteiger partial charge >= 0.3 is 0 Å². The van der Waals surface area contributed by atoms with Gasteiger partial charge in [-0.3, -0.25) is 4.98 Å². The van der Waals surface area contributed by atoms with Crippen molar-refractivity contribution in [2.24, 2.45) is 0 Å². The van der Waals surface area contributed by atoms with Crippen LogP contribution in [0.5, 0.6) is 0 Å². The molecule has 0 fully saturated rings. The molecule has 0 radical (unpaired) electrons. The second-order valence-corrected chi connectivity index (χ2v) is 6.59. The van der Waals surface area contributed by atoms with Crippen molar-refractivity contribution in [3.63, 3.8) is 0 Å². The largest absolute Gasteiger partial charge is 0.384 e. The molecular weight excluding hydrogens is 348 g/mol. The molecule has 2 N–H and O–H groups in total. The van der Waals surface area contributed by atoms with Crippen LogP contribution in [0.2, 0.25) is 5.15 Å². The summed E-state index contributed by atoms with van der Waals surface area (Å²) < 4.78 is 0. The van der Waals surface area contributed by atoms with Gasteiger partial charge in [0.05, 0.1) is 5.69 Å². The third-order valence-electron chi connectivity index (χ3n) is 3.08. The Kier molecular flexibility index (Phi) is 5.05. The molecular formula is C16H13ClN4S2. The fourth-order valence-corrected chi connectivity index (χ4v) is 3.30. The van der Waals surface area contributed by atoms with Gasteiger partial charge in [0.25, 0.3) is 0 Å². The quantitative estimate of drug-likeness (QED) is 0.313. The first kappa shape index (κ1) is 16.1. The van der Waals surface area contributed by atoms with Gasteiger partial charge in [0.1, 0.15) is 11.0 Å². The summed E-state index contributed by atoms with van der Waals surface area (Å²) >= 11 is 11.7. The molecule has 0 amide bonds. The highest BCUT2D eigenvalue weighted by Gasteiger charge is 2.09. The second kappa shape index (κ2) is 7.21. The van der Waals surface area contributed by atoms with E-state index >= 15 is 0 Å². The molecule has 2 heterocycles. The summed E-state index contributed by atoms with van der Waals surface area (Å²) in [5, 5.41) is 0.895. The molecule has 0 saturated carbocycles. The van der Waals surface area contributed by atoms with Gasteiger partial charge in [-0.25, -0.2) is 9.97 Å². The molecule has 116 valence electrons. The van der Waals surface area contributed by atoms with Crippen LogP contribution in [0.4, 0.5) is 5.82 Å². The van der Waals surface area contributed by atoms with E-state index in [1.165, 1.54) is 17.8 Å². The normalized spacial score (nSPS) is 10.7. The van der Waals surface area contributed by atoms with Crippen LogP contribution < -0.4 is 5.73 Å². The van der Waals surface area contributed by atoms with E-state index < -0.39 is 0 Å². The van der Waals surface area contributed by atoms with E-state index in [2.05, 4.69) is 27.6 Å². The molecule has 1 aromatic carbocycles. The number of nitrogen functional groups attached to an aromatic ring is 1. The Hall–Kier alpha value is -1.76. The van der Waals surface area contributed by atoms with Crippen molar-refractivity contribution in [3.05, 3.63) is 59.4 Å². The topological polar surface area (TPSA) is 64.7 Å². The van der Waals surface area contributed by atoms with Crippen LogP contribution in [0, 0.1) is 0 Å². The lowest BCUT2D eigenvalue weighted by molar-refractivity contribution is 0.975. The van der Waals surface area contributed by atoms with Gasteiger partial charge in [-0.05, 0) is 23.8 Å². The third-order valence-corrected chi connectivity index (χ3v) is 4.47. The van der Waals surface area contributed by atoms with Gasteiger partial charge in [0.15, 0.2) is 5.16 Å². The van der Waals surface area contributed by atoms with E-state index in [0.717, 1.165) is 21.7 Å². The zero-order valence-electron chi connectivity index (χ0n) is 12.0. The maximum atomic E-state index is 5.91. The number of hydrogen-bond acceptors (Lipinski definition) is 6. The van der Waals surface area contributed by atoms with Crippen LogP contribution in [0.1, 0.15) is 5.56 Å². The molecule has 3 rings (SSSR count). The van der Waals surface area contributed by atoms with E-state index in [4.69, 9.17) is 17.3 Å². The number of anilines is 1. The number of rotatable bonds is 4. The summed E-state index contributed by atoms with van der Waals surface area (Å²) in [6.45, 7) is 0. The molecule has 0 bridgehead atoms. The van der Waals surface area contributed by atoms with E-state index in [1.807, 2.05) is 36.4 Å². The Morgan fingerprint density at radius 2 is 1.91 bits per heavy atom. The average molecular weight is 361 g/mol. The van der Waals surface area contributed by atoms with Crippen LogP contribution in [0.3, 0.4) is 0 Å². The molecule has 2 aromatic heterocycles. The highest BCUT2D eigenvalue weighted by Crippen LogP contribution is 2.28. The van der Waals surface area contributed by atoms with Crippen molar-refractivity contribution in [2.45, 2.75) is 15.8 Å². The summed E-state index contributed by atoms with van der Waals surface area (Å²) in [6.07, 6.45) is 1.78. The van der Waals surface area contributed by atoms with Gasteiger partial charge in [-0.15, -0.1) is 12.6 Å². The Morgan fingerprint density at radius 3 is 2.65 bits per heavy atom. The molecule has 4 nitrogen and oxygen atoms in total. The smallest absolute Gasteiger partial charge is 0.191 e. The highest BCUT2D eigenvalue weighted by molar-refractivity contribution is 7.98. The molecule has 3 aromatic rings. The molecule has 0 aliphatic carbocycles. The average Bonchev–Trinajstić information content (AvgIpc) is 2.53. The number of nitrogens with two attached hydrogens (primary N) is 1. The van der Waals surface area contributed by atoms with Crippen LogP contribution in [-0.2, 0) is 5.75 Å². The first-order valence-electron chi connectivity index (χ1n) is 6.78. The fraction of sp³-hybridized carbons (Fsp3) is 0.0625. The van der Waals surface area contributed by atoms with Gasteiger partial charge in [0, 0.05) is 28.5 Å². The van der Waals surface area contributed by atoms with E-state index in [1.54, 1.807) is 6.20 Å². The van der Waals surface area contributed by atoms with E-state index in [-0.39, 0.29) is 0 Å². The third kappa shape index (κ3) is 4.16. The predicted octanol–water partition coefficient (Wildman–Crippen LogP) is 4.36. The van der Waals surface area contributed by atoms with Crippen molar-refractivity contribution in [1.29, 1.82) is 0 Å². The Balaban J connectivity index is 1.84. The minimum Gasteiger partial charge on any atom is -0.384 e. The molecule has 0 atom stereocenters. The number of halogens is 1. The fourth-order valence-electron chi connectivity index (χ4n) is 2.05. The number of aromatic nitrogens is 3. The monoisotopic (exact) mass is 360 g/mol. The first-order valence-corrected chi connectivity index (χ1v) is 8.59. The number of thioether (sulfide) groups is 1. The van der Waals surface area contributed by atoms with Crippen LogP contribution in [0.25, 0.3) is 11.3 Å². The highest BCUT2D eigenvalue weighted by atomic mass is 35.5. The molecule has 0 saturated heterocycles. The van der Waals surface area contributed by atoms with Crippen molar-refractivity contribution in [1.82, 2.24) is 15.0 Å². The van der Waals surface area contributed by atoms with Crippen molar-refractivity contribution < 1.29 is 0 Å². The molecule has 7 heteroatoms. The summed E-state index contributed by atoms with van der Waals surface area (Å²) in [4.78, 5) is 13.8. The number of thiol groups is 1. The van der Waals surface area contributed by atoms with Crippen molar-refractivity contribution in [2.75, 3.05) is 5.73 Å². The predicted molar refractivity (Wildman–Crippen MR) is 97.9 cm³/mol. The molecule has 0 aliphatic heterocycles. The maximum Gasteiger partial charge on any atom is 0.191 e. The van der Waals surface area contributed by atoms with Crippen LogP contribution in [0.15, 0.2) is 58.7 Å². The lowest BCUT2D eigenvalue weighted by Crippen LogP contribution is -1.96. The number of hydrogen-bond donors (Lipinski definition) is 2. The van der Waals surface area contributed by atoms with Gasteiger partial charge in [-0.2, -0.15) is 0 Å². The standard InChI is InChI=1S/C16H13ClN4S2/c17-13-8-14(18)21-16(20-13)23-9-11-2-1-7-19-15(11)10-3-5-12(22)6-4-10/h1-8,22H,9H2,(H2,18,20,21). The van der Waals surface area contributed by atoms with E-state index in [0.29, 0.717) is 21.9 Å². The van der Waals surface area contributed by atoms with Gasteiger partial charge in [-0.1, -0.05) is 41.6 Å². The zero-order chi connectivity index (χ0) is 16.2. The van der Waals surface area contributed by atoms with Gasteiger partial charge in [0.2, 0.25) is 0 Å². The summed E-state index contributed by atoms with van der Waals surface area (Å²) in [5.74, 6) is 1.04. The lowest BCUT2D eigenvalue weighted by atomic mass is 10.1. The van der Waals surface area contributed by atoms with Gasteiger partial charge < -0.3 is 5.73 Å². The first-order chi connectivity index (χ1) is 11.1. The number of pyridine rings is 1. The van der Waals surface area contributed by atoms with Crippen molar-refractivity contribution in [3.8, 4) is 11.3 Å². The molecule has 0 spiro atoms. The Bertz CT molecular complexity index is 804. The van der Waals surface area contributed by atoms with Crippen LogP contribution in [-0.4, -0.2) is 15.0 Å². The summed E-state index contributed by atoms with van der Waals surface area (Å²) in [6, 6.07) is 13.4. The molecule has 0 unspecified atom stereocenters.